The molecule has 1 atom stereocenters. The summed E-state index contributed by atoms with van der Waals surface area (Å²) in [5.41, 5.74) is 0.0177. The number of halogens is 2. The van der Waals surface area contributed by atoms with Gasteiger partial charge in [-0.1, -0.05) is 5.92 Å². The fourth-order valence-electron chi connectivity index (χ4n) is 1.65. The number of carbonyl (C=O) groups is 2. The van der Waals surface area contributed by atoms with Gasteiger partial charge in [-0.3, -0.25) is 9.59 Å². The third-order valence-corrected chi connectivity index (χ3v) is 2.73. The zero-order valence-electron chi connectivity index (χ0n) is 11.0. The number of hydrogen-bond donors (Lipinski definition) is 1. The van der Waals surface area contributed by atoms with E-state index < -0.39 is 29.2 Å². The van der Waals surface area contributed by atoms with Crippen molar-refractivity contribution in [1.29, 1.82) is 5.26 Å². The van der Waals surface area contributed by atoms with E-state index in [0.717, 1.165) is 18.2 Å². The van der Waals surface area contributed by atoms with Crippen LogP contribution in [0, 0.1) is 41.2 Å². The van der Waals surface area contributed by atoms with E-state index in [9.17, 15) is 18.4 Å². The maximum atomic E-state index is 13.4. The lowest BCUT2D eigenvalue weighted by Gasteiger charge is -2.08. The quantitative estimate of drug-likeness (QED) is 0.635. The van der Waals surface area contributed by atoms with Gasteiger partial charge >= 0.3 is 0 Å². The van der Waals surface area contributed by atoms with E-state index in [1.165, 1.54) is 0 Å². The van der Waals surface area contributed by atoms with Crippen molar-refractivity contribution in [2.24, 2.45) is 5.92 Å². The number of ketones is 1. The zero-order chi connectivity index (χ0) is 15.8. The van der Waals surface area contributed by atoms with E-state index in [1.54, 1.807) is 6.07 Å². The maximum absolute atomic E-state index is 13.4. The smallest absolute Gasteiger partial charge is 0.245 e. The van der Waals surface area contributed by atoms with Crippen molar-refractivity contribution in [3.05, 3.63) is 35.4 Å². The molecule has 0 saturated carbocycles. The second kappa shape index (κ2) is 7.76. The summed E-state index contributed by atoms with van der Waals surface area (Å²) < 4.78 is 26.4. The van der Waals surface area contributed by atoms with Crippen LogP contribution >= 0.6 is 0 Å². The number of amides is 1. The number of nitrogens with one attached hydrogen (secondary N) is 1. The van der Waals surface area contributed by atoms with Crippen LogP contribution in [0.4, 0.5) is 8.78 Å². The van der Waals surface area contributed by atoms with Gasteiger partial charge < -0.3 is 5.32 Å². The Kier molecular flexibility index (Phi) is 6.03. The molecule has 1 aromatic carbocycles. The molecule has 108 valence electrons. The summed E-state index contributed by atoms with van der Waals surface area (Å²) in [7, 11) is 0. The number of aryl methyl sites for hydroxylation is 1. The summed E-state index contributed by atoms with van der Waals surface area (Å²) in [5, 5.41) is 11.1. The lowest BCUT2D eigenvalue weighted by molar-refractivity contribution is -0.131. The van der Waals surface area contributed by atoms with E-state index in [-0.39, 0.29) is 24.9 Å². The van der Waals surface area contributed by atoms with Crippen LogP contribution in [0.1, 0.15) is 12.0 Å². The average molecular weight is 290 g/mol. The first kappa shape index (κ1) is 16.3. The minimum absolute atomic E-state index is 0.0177. The van der Waals surface area contributed by atoms with E-state index in [2.05, 4.69) is 11.2 Å². The number of rotatable bonds is 6. The molecule has 0 radical (unpaired) electrons. The van der Waals surface area contributed by atoms with Crippen LogP contribution in [0.2, 0.25) is 0 Å². The number of nitrogens with zero attached hydrogens (tertiary/aromatic N) is 1. The highest BCUT2D eigenvalue weighted by Crippen LogP contribution is 2.13. The SMILES string of the molecule is C#CCNC(=O)C(C#N)C(=O)CCc1cc(F)ccc1F. The summed E-state index contributed by atoms with van der Waals surface area (Å²) >= 11 is 0. The van der Waals surface area contributed by atoms with Gasteiger partial charge in [0.15, 0.2) is 11.7 Å². The summed E-state index contributed by atoms with van der Waals surface area (Å²) in [4.78, 5) is 23.3. The standard InChI is InChI=1S/C15H12F2N2O2/c1-2-7-19-15(21)12(9-18)14(20)6-3-10-8-11(16)4-5-13(10)17/h1,4-5,8,12H,3,6-7H2,(H,19,21). The molecule has 1 aromatic rings. The summed E-state index contributed by atoms with van der Waals surface area (Å²) in [6, 6.07) is 4.47. The number of terminal acetylenes is 1. The van der Waals surface area contributed by atoms with Crippen LogP contribution in [0.25, 0.3) is 0 Å². The predicted molar refractivity (Wildman–Crippen MR) is 70.6 cm³/mol. The third kappa shape index (κ3) is 4.70. The van der Waals surface area contributed by atoms with Crippen LogP contribution in [-0.2, 0) is 16.0 Å². The van der Waals surface area contributed by atoms with E-state index in [4.69, 9.17) is 11.7 Å². The Bertz CT molecular complexity index is 630. The first-order chi connectivity index (χ1) is 9.99. The molecular weight excluding hydrogens is 278 g/mol. The molecule has 0 aliphatic rings. The number of nitriles is 1. The molecule has 1 rings (SSSR count). The minimum atomic E-state index is -1.50. The molecule has 0 aliphatic carbocycles. The Labute approximate surface area is 120 Å². The summed E-state index contributed by atoms with van der Waals surface area (Å²) in [6.07, 6.45) is 4.61. The van der Waals surface area contributed by atoms with Crippen molar-refractivity contribution in [2.75, 3.05) is 6.54 Å². The van der Waals surface area contributed by atoms with Gasteiger partial charge in [0.2, 0.25) is 5.91 Å². The molecule has 0 fully saturated rings. The lowest BCUT2D eigenvalue weighted by atomic mass is 9.98. The zero-order valence-corrected chi connectivity index (χ0v) is 11.0. The molecule has 0 bridgehead atoms. The van der Waals surface area contributed by atoms with E-state index in [1.807, 2.05) is 0 Å². The highest BCUT2D eigenvalue weighted by atomic mass is 19.1. The lowest BCUT2D eigenvalue weighted by Crippen LogP contribution is -2.34. The molecule has 0 saturated heterocycles. The largest absolute Gasteiger partial charge is 0.344 e. The topological polar surface area (TPSA) is 70.0 Å². The molecule has 4 nitrogen and oxygen atoms in total. The van der Waals surface area contributed by atoms with Gasteiger partial charge in [-0.25, -0.2) is 8.78 Å². The highest BCUT2D eigenvalue weighted by Gasteiger charge is 2.25. The number of hydrogen-bond acceptors (Lipinski definition) is 3. The molecule has 0 heterocycles. The second-order valence-corrected chi connectivity index (χ2v) is 4.19. The molecule has 0 aromatic heterocycles. The van der Waals surface area contributed by atoms with E-state index >= 15 is 0 Å². The first-order valence-corrected chi connectivity index (χ1v) is 6.07. The Balaban J connectivity index is 2.67. The Hall–Kier alpha value is -2.73. The van der Waals surface area contributed by atoms with Crippen molar-refractivity contribution >= 4 is 11.7 Å². The van der Waals surface area contributed by atoms with Gasteiger partial charge in [-0.2, -0.15) is 5.26 Å². The average Bonchev–Trinajstić information content (AvgIpc) is 2.46. The van der Waals surface area contributed by atoms with Crippen molar-refractivity contribution in [1.82, 2.24) is 5.32 Å². The van der Waals surface area contributed by atoms with Crippen molar-refractivity contribution in [2.45, 2.75) is 12.8 Å². The van der Waals surface area contributed by atoms with Gasteiger partial charge in [0.05, 0.1) is 12.6 Å². The fraction of sp³-hybridized carbons (Fsp3) is 0.267. The van der Waals surface area contributed by atoms with Crippen molar-refractivity contribution in [3.63, 3.8) is 0 Å². The van der Waals surface area contributed by atoms with Crippen LogP contribution in [0.15, 0.2) is 18.2 Å². The van der Waals surface area contributed by atoms with Crippen LogP contribution in [0.5, 0.6) is 0 Å². The molecule has 0 spiro atoms. The third-order valence-electron chi connectivity index (χ3n) is 2.73. The molecule has 1 amide bonds. The summed E-state index contributed by atoms with van der Waals surface area (Å²) in [6.45, 7) is -0.0944. The Morgan fingerprint density at radius 2 is 2.10 bits per heavy atom. The predicted octanol–water partition coefficient (Wildman–Crippen LogP) is 1.36. The van der Waals surface area contributed by atoms with Gasteiger partial charge in [-0.05, 0) is 30.2 Å². The number of benzene rings is 1. The molecule has 21 heavy (non-hydrogen) atoms. The molecule has 6 heteroatoms. The second-order valence-electron chi connectivity index (χ2n) is 4.19. The Morgan fingerprint density at radius 3 is 2.71 bits per heavy atom. The monoisotopic (exact) mass is 290 g/mol. The maximum Gasteiger partial charge on any atom is 0.245 e. The first-order valence-electron chi connectivity index (χ1n) is 6.07. The fourth-order valence-corrected chi connectivity index (χ4v) is 1.65. The van der Waals surface area contributed by atoms with Gasteiger partial charge in [0, 0.05) is 6.42 Å². The normalized spacial score (nSPS) is 11.0. The minimum Gasteiger partial charge on any atom is -0.344 e. The Morgan fingerprint density at radius 1 is 1.38 bits per heavy atom. The molecule has 1 unspecified atom stereocenters. The highest BCUT2D eigenvalue weighted by molar-refractivity contribution is 6.04. The number of Topliss-reactive ketones (excluding diaryl/α,β-unsaturated/α-hetero) is 1. The summed E-state index contributed by atoms with van der Waals surface area (Å²) in [5.74, 6) is -2.09. The molecule has 1 N–H and O–H groups in total. The molecular formula is C15H12F2N2O2. The van der Waals surface area contributed by atoms with Gasteiger partial charge in [-0.15, -0.1) is 6.42 Å². The van der Waals surface area contributed by atoms with Crippen LogP contribution in [-0.4, -0.2) is 18.2 Å². The van der Waals surface area contributed by atoms with Crippen LogP contribution in [0.3, 0.4) is 0 Å². The van der Waals surface area contributed by atoms with E-state index in [0.29, 0.717) is 0 Å². The number of carbonyl (C=O) groups excluding carboxylic acids is 2. The molecule has 0 aliphatic heterocycles. The van der Waals surface area contributed by atoms with Crippen molar-refractivity contribution in [3.8, 4) is 18.4 Å². The van der Waals surface area contributed by atoms with Gasteiger partial charge in [0.1, 0.15) is 11.6 Å². The van der Waals surface area contributed by atoms with Gasteiger partial charge in [0.25, 0.3) is 0 Å². The van der Waals surface area contributed by atoms with Crippen molar-refractivity contribution < 1.29 is 18.4 Å². The van der Waals surface area contributed by atoms with Crippen LogP contribution < -0.4 is 5.32 Å².